The van der Waals surface area contributed by atoms with Crippen LogP contribution in [0.25, 0.3) is 0 Å². The Morgan fingerprint density at radius 2 is 2.11 bits per heavy atom. The normalized spacial score (nSPS) is 14.4. The molecule has 0 spiro atoms. The van der Waals surface area contributed by atoms with Crippen molar-refractivity contribution in [2.45, 2.75) is 30.0 Å². The van der Waals surface area contributed by atoms with Crippen molar-refractivity contribution >= 4 is 34.7 Å². The zero-order valence-electron chi connectivity index (χ0n) is 10.4. The molecule has 18 heavy (non-hydrogen) atoms. The summed E-state index contributed by atoms with van der Waals surface area (Å²) in [6.07, 6.45) is 0. The Hall–Kier alpha value is -0.480. The lowest BCUT2D eigenvalue weighted by Gasteiger charge is -2.20. The smallest absolute Gasteiger partial charge is 0.0589 e. The first-order valence-corrected chi connectivity index (χ1v) is 7.93. The third kappa shape index (κ3) is 3.29. The van der Waals surface area contributed by atoms with Crippen LogP contribution >= 0.6 is 34.7 Å². The van der Waals surface area contributed by atoms with Crippen LogP contribution in [-0.2, 0) is 0 Å². The van der Waals surface area contributed by atoms with Crippen LogP contribution in [0.5, 0.6) is 0 Å². The van der Waals surface area contributed by atoms with E-state index in [1.54, 1.807) is 23.1 Å². The molecule has 0 saturated carbocycles. The summed E-state index contributed by atoms with van der Waals surface area (Å²) in [7, 11) is 0. The molecule has 2 aromatic rings. The van der Waals surface area contributed by atoms with Crippen molar-refractivity contribution in [2.75, 3.05) is 0 Å². The van der Waals surface area contributed by atoms with Crippen LogP contribution in [0, 0.1) is 6.92 Å². The molecule has 1 nitrogen and oxygen atoms in total. The van der Waals surface area contributed by atoms with Crippen LogP contribution in [-0.4, -0.2) is 6.04 Å². The van der Waals surface area contributed by atoms with Gasteiger partial charge in [-0.25, -0.2) is 0 Å². The van der Waals surface area contributed by atoms with Crippen molar-refractivity contribution in [3.05, 3.63) is 51.2 Å². The number of aryl methyl sites for hydroxylation is 1. The molecular weight excluding hydrogens is 282 g/mol. The quantitative estimate of drug-likeness (QED) is 0.813. The van der Waals surface area contributed by atoms with E-state index in [0.717, 1.165) is 9.92 Å². The highest BCUT2D eigenvalue weighted by molar-refractivity contribution is 7.99. The van der Waals surface area contributed by atoms with Crippen LogP contribution in [0.3, 0.4) is 0 Å². The SMILES string of the molecule is Cc1ccsc1C(Sc1cccc(Cl)c1)C(C)N. The maximum absolute atomic E-state index is 6.14. The first kappa shape index (κ1) is 13.9. The molecule has 0 bridgehead atoms. The van der Waals surface area contributed by atoms with Gasteiger partial charge in [0.25, 0.3) is 0 Å². The van der Waals surface area contributed by atoms with E-state index < -0.39 is 0 Å². The molecule has 0 aliphatic heterocycles. The third-order valence-corrected chi connectivity index (χ3v) is 5.63. The average Bonchev–Trinajstić information content (AvgIpc) is 2.72. The van der Waals surface area contributed by atoms with Gasteiger partial charge < -0.3 is 5.73 Å². The number of thiophene rings is 1. The summed E-state index contributed by atoms with van der Waals surface area (Å²) in [4.78, 5) is 2.52. The molecule has 2 N–H and O–H groups in total. The van der Waals surface area contributed by atoms with E-state index in [0.29, 0.717) is 0 Å². The fraction of sp³-hybridized carbons (Fsp3) is 0.286. The topological polar surface area (TPSA) is 26.0 Å². The van der Waals surface area contributed by atoms with Crippen molar-refractivity contribution in [3.63, 3.8) is 0 Å². The molecule has 4 heteroatoms. The van der Waals surface area contributed by atoms with Gasteiger partial charge >= 0.3 is 0 Å². The van der Waals surface area contributed by atoms with Crippen molar-refractivity contribution in [2.24, 2.45) is 5.73 Å². The van der Waals surface area contributed by atoms with E-state index in [4.69, 9.17) is 17.3 Å². The van der Waals surface area contributed by atoms with E-state index in [-0.39, 0.29) is 11.3 Å². The van der Waals surface area contributed by atoms with Gasteiger partial charge in [-0.3, -0.25) is 0 Å². The molecule has 1 aromatic heterocycles. The minimum absolute atomic E-state index is 0.103. The summed E-state index contributed by atoms with van der Waals surface area (Å²) in [5.74, 6) is 0. The van der Waals surface area contributed by atoms with Gasteiger partial charge in [0.05, 0.1) is 5.25 Å². The lowest BCUT2D eigenvalue weighted by atomic mass is 10.1. The van der Waals surface area contributed by atoms with E-state index >= 15 is 0 Å². The average molecular weight is 298 g/mol. The number of rotatable bonds is 4. The highest BCUT2D eigenvalue weighted by Gasteiger charge is 2.20. The van der Waals surface area contributed by atoms with Crippen LogP contribution < -0.4 is 5.73 Å². The van der Waals surface area contributed by atoms with E-state index in [9.17, 15) is 0 Å². The highest BCUT2D eigenvalue weighted by atomic mass is 35.5. The molecule has 2 atom stereocenters. The van der Waals surface area contributed by atoms with Gasteiger partial charge in [0.15, 0.2) is 0 Å². The molecule has 0 saturated heterocycles. The number of nitrogens with two attached hydrogens (primary N) is 1. The van der Waals surface area contributed by atoms with Crippen LogP contribution in [0.2, 0.25) is 5.02 Å². The molecule has 0 radical (unpaired) electrons. The molecule has 0 aliphatic rings. The fourth-order valence-corrected chi connectivity index (χ4v) is 4.50. The summed E-state index contributed by atoms with van der Waals surface area (Å²) in [6, 6.07) is 10.2. The summed E-state index contributed by atoms with van der Waals surface area (Å²) >= 11 is 9.58. The lowest BCUT2D eigenvalue weighted by molar-refractivity contribution is 0.727. The second-order valence-electron chi connectivity index (χ2n) is 4.32. The molecule has 0 fully saturated rings. The number of benzene rings is 1. The Labute approximate surface area is 121 Å². The maximum atomic E-state index is 6.14. The predicted molar refractivity (Wildman–Crippen MR) is 82.8 cm³/mol. The van der Waals surface area contributed by atoms with Gasteiger partial charge in [-0.15, -0.1) is 23.1 Å². The summed E-state index contributed by atoms with van der Waals surface area (Å²) in [5, 5.41) is 3.17. The predicted octanol–water partition coefficient (Wildman–Crippen LogP) is 4.89. The van der Waals surface area contributed by atoms with Crippen molar-refractivity contribution in [1.82, 2.24) is 0 Å². The Bertz CT molecular complexity index is 522. The molecule has 0 amide bonds. The first-order valence-electron chi connectivity index (χ1n) is 5.79. The standard InChI is InChI=1S/C14H16ClNS2/c1-9-6-7-17-13(9)14(10(2)16)18-12-5-3-4-11(15)8-12/h3-8,10,14H,16H2,1-2H3. The second kappa shape index (κ2) is 6.11. The summed E-state index contributed by atoms with van der Waals surface area (Å²) in [6.45, 7) is 4.20. The Balaban J connectivity index is 2.25. The summed E-state index contributed by atoms with van der Waals surface area (Å²) < 4.78 is 0. The molecule has 2 rings (SSSR count). The van der Waals surface area contributed by atoms with Crippen LogP contribution in [0.1, 0.15) is 22.6 Å². The van der Waals surface area contributed by atoms with Gasteiger partial charge in [0.1, 0.15) is 0 Å². The van der Waals surface area contributed by atoms with Gasteiger partial charge in [-0.05, 0) is 49.1 Å². The number of hydrogen-bond acceptors (Lipinski definition) is 3. The number of halogens is 1. The van der Waals surface area contributed by atoms with Gasteiger partial charge in [0, 0.05) is 20.8 Å². The van der Waals surface area contributed by atoms with Crippen LogP contribution in [0.4, 0.5) is 0 Å². The zero-order chi connectivity index (χ0) is 13.1. The molecule has 96 valence electrons. The third-order valence-electron chi connectivity index (χ3n) is 2.70. The Morgan fingerprint density at radius 3 is 2.67 bits per heavy atom. The van der Waals surface area contributed by atoms with Crippen molar-refractivity contribution < 1.29 is 0 Å². The molecule has 1 aromatic carbocycles. The lowest BCUT2D eigenvalue weighted by Crippen LogP contribution is -2.22. The maximum Gasteiger partial charge on any atom is 0.0589 e. The van der Waals surface area contributed by atoms with E-state index in [1.807, 2.05) is 18.2 Å². The van der Waals surface area contributed by atoms with Crippen LogP contribution in [0.15, 0.2) is 40.6 Å². The second-order valence-corrected chi connectivity index (χ2v) is 6.92. The van der Waals surface area contributed by atoms with Gasteiger partial charge in [-0.1, -0.05) is 17.7 Å². The van der Waals surface area contributed by atoms with Crippen molar-refractivity contribution in [3.8, 4) is 0 Å². The van der Waals surface area contributed by atoms with Crippen molar-refractivity contribution in [1.29, 1.82) is 0 Å². The Kier molecular flexibility index (Phi) is 4.73. The highest BCUT2D eigenvalue weighted by Crippen LogP contribution is 2.41. The number of hydrogen-bond donors (Lipinski definition) is 1. The fourth-order valence-electron chi connectivity index (χ4n) is 1.76. The summed E-state index contributed by atoms with van der Waals surface area (Å²) in [5.41, 5.74) is 7.45. The number of thioether (sulfide) groups is 1. The minimum atomic E-state index is 0.103. The van der Waals surface area contributed by atoms with E-state index in [1.165, 1.54) is 10.4 Å². The zero-order valence-corrected chi connectivity index (χ0v) is 12.8. The largest absolute Gasteiger partial charge is 0.327 e. The Morgan fingerprint density at radius 1 is 1.33 bits per heavy atom. The molecular formula is C14H16ClNS2. The van der Waals surface area contributed by atoms with Gasteiger partial charge in [0.2, 0.25) is 0 Å². The molecule has 2 unspecified atom stereocenters. The van der Waals surface area contributed by atoms with E-state index in [2.05, 4.69) is 31.4 Å². The molecule has 1 heterocycles. The monoisotopic (exact) mass is 297 g/mol. The molecule has 0 aliphatic carbocycles. The van der Waals surface area contributed by atoms with Gasteiger partial charge in [-0.2, -0.15) is 0 Å². The first-order chi connectivity index (χ1) is 8.58. The minimum Gasteiger partial charge on any atom is -0.327 e.